The Morgan fingerprint density at radius 3 is 1.71 bits per heavy atom. The quantitative estimate of drug-likeness (QED) is 0.0147. The number of primary amides is 1. The van der Waals surface area contributed by atoms with Crippen LogP contribution in [-0.2, 0) is 65.6 Å². The molecule has 0 saturated carbocycles. The van der Waals surface area contributed by atoms with E-state index in [0.717, 1.165) is 0 Å². The number of fused-ring (bicyclic) bond motifs is 1. The lowest BCUT2D eigenvalue weighted by atomic mass is 9.99. The fourth-order valence-electron chi connectivity index (χ4n) is 8.02. The summed E-state index contributed by atoms with van der Waals surface area (Å²) in [6.07, 6.45) is -0.137. The number of hydrogen-bond donors (Lipinski definition) is 18. The lowest BCUT2D eigenvalue weighted by molar-refractivity contribution is -0.142. The summed E-state index contributed by atoms with van der Waals surface area (Å²) in [7, 11) is 0. The Labute approximate surface area is 470 Å². The number of nitrogens with one attached hydrogen (secondary N) is 9. The van der Waals surface area contributed by atoms with Crippen molar-refractivity contribution in [2.75, 3.05) is 26.2 Å². The van der Waals surface area contributed by atoms with Gasteiger partial charge in [0.2, 0.25) is 53.2 Å². The van der Waals surface area contributed by atoms with Crippen LogP contribution in [0.2, 0.25) is 0 Å². The number of nitrogens with zero attached hydrogens (tertiary/aromatic N) is 2. The van der Waals surface area contributed by atoms with Crippen molar-refractivity contribution in [3.05, 3.63) is 71.9 Å². The molecule has 1 heterocycles. The van der Waals surface area contributed by atoms with Crippen LogP contribution in [0.5, 0.6) is 0 Å². The number of guanidine groups is 2. The number of aliphatic hydroxyl groups is 1. The van der Waals surface area contributed by atoms with Gasteiger partial charge in [-0.1, -0.05) is 62.4 Å². The molecule has 0 spiro atoms. The molecule has 31 nitrogen and oxygen atoms in total. The molecular weight excluding hydrogens is 1070 g/mol. The first-order chi connectivity index (χ1) is 38.8. The number of nitrogens with two attached hydrogens (primary N) is 6. The van der Waals surface area contributed by atoms with Crippen molar-refractivity contribution in [1.82, 2.24) is 47.5 Å². The second-order valence-corrected chi connectivity index (χ2v) is 19.3. The van der Waals surface area contributed by atoms with Crippen LogP contribution >= 0.6 is 0 Å². The molecule has 0 saturated heterocycles. The third-order valence-electron chi connectivity index (χ3n) is 12.3. The predicted octanol–water partition coefficient (Wildman–Crippen LogP) is -5.63. The standard InChI is InChI=1S/C51H75N17O14/c1-26(2)41(48(80)67-36(22-40(72)73)43(75)61-24-39(71)62-37(25-69)47(79)64-33(49(81)82)15-9-19-59-51(56)57)68-46(78)35(21-28-23-60-31-14-7-6-12-29(28)31)66-44(76)32(16-17-38(53)70)63-45(77)34(20-27-10-4-3-5-11-27)65-42(74)30(52)13-8-18-58-50(54)55/h3-7,10-12,14,23,26,30,32-37,41,60,69H,8-9,13,15-22,24-25,52H2,1-2H3,(H2,53,70)(H,61,75)(H,62,71)(H,63,77)(H,64,79)(H,65,74)(H,66,76)(H,67,80)(H,68,78)(H,72,73)(H,81,82)(H4,54,55,58)(H4,56,57,59). The lowest BCUT2D eigenvalue weighted by Crippen LogP contribution is -2.61. The molecule has 448 valence electrons. The van der Waals surface area contributed by atoms with Gasteiger partial charge in [0.1, 0.15) is 42.3 Å². The SMILES string of the molecule is CC(C)C(NC(=O)C(Cc1c[nH]c2ccccc12)NC(=O)C(CCC(N)=O)NC(=O)C(Cc1ccccc1)NC(=O)C(N)CCCN=C(N)N)C(=O)NC(CC(=O)O)C(=O)NCC(=O)NC(CO)C(=O)NC(CCCN=C(N)N)C(=O)O. The average Bonchev–Trinajstić information content (AvgIpc) is 3.96. The topological polar surface area (TPSA) is 541 Å². The average molecular weight is 1150 g/mol. The summed E-state index contributed by atoms with van der Waals surface area (Å²) < 4.78 is 0. The summed E-state index contributed by atoms with van der Waals surface area (Å²) in [6.45, 7) is 1.30. The van der Waals surface area contributed by atoms with Gasteiger partial charge < -0.3 is 97.2 Å². The molecule has 2 aromatic carbocycles. The molecule has 9 amide bonds. The largest absolute Gasteiger partial charge is 0.481 e. The number of aromatic amines is 1. The number of amides is 9. The van der Waals surface area contributed by atoms with Crippen LogP contribution in [0.1, 0.15) is 69.9 Å². The Morgan fingerprint density at radius 2 is 1.11 bits per heavy atom. The van der Waals surface area contributed by atoms with Crippen molar-refractivity contribution in [2.24, 2.45) is 50.3 Å². The zero-order valence-electron chi connectivity index (χ0n) is 45.4. The molecule has 0 aliphatic carbocycles. The maximum Gasteiger partial charge on any atom is 0.326 e. The number of aliphatic carboxylic acids is 2. The molecule has 3 aromatic rings. The van der Waals surface area contributed by atoms with Crippen molar-refractivity contribution < 1.29 is 68.1 Å². The third kappa shape index (κ3) is 23.5. The molecule has 0 radical (unpaired) electrons. The Morgan fingerprint density at radius 1 is 0.573 bits per heavy atom. The Balaban J connectivity index is 1.86. The summed E-state index contributed by atoms with van der Waals surface area (Å²) in [5.74, 6) is -13.1. The Hall–Kier alpha value is -9.39. The number of benzene rings is 2. The minimum Gasteiger partial charge on any atom is -0.481 e. The maximum absolute atomic E-state index is 14.5. The van der Waals surface area contributed by atoms with Crippen molar-refractivity contribution in [1.29, 1.82) is 0 Å². The number of rotatable bonds is 36. The molecule has 1 aromatic heterocycles. The molecule has 31 heteroatoms. The third-order valence-corrected chi connectivity index (χ3v) is 12.3. The van der Waals surface area contributed by atoms with E-state index >= 15 is 0 Å². The highest BCUT2D eigenvalue weighted by Crippen LogP contribution is 2.20. The first-order valence-electron chi connectivity index (χ1n) is 26.0. The van der Waals surface area contributed by atoms with Crippen molar-refractivity contribution in [2.45, 2.75) is 120 Å². The van der Waals surface area contributed by atoms with Crippen molar-refractivity contribution >= 4 is 87.9 Å². The van der Waals surface area contributed by atoms with Gasteiger partial charge in [0.05, 0.1) is 25.6 Å². The van der Waals surface area contributed by atoms with E-state index in [0.29, 0.717) is 28.5 Å². The van der Waals surface area contributed by atoms with Gasteiger partial charge in [0, 0.05) is 49.5 Å². The summed E-state index contributed by atoms with van der Waals surface area (Å²) in [6, 6.07) is 3.37. The number of H-pyrrole nitrogens is 1. The Kier molecular flexibility index (Phi) is 27.7. The van der Waals surface area contributed by atoms with Gasteiger partial charge in [-0.05, 0) is 55.2 Å². The summed E-state index contributed by atoms with van der Waals surface area (Å²) in [5.41, 5.74) is 34.7. The number of aromatic nitrogens is 1. The van der Waals surface area contributed by atoms with E-state index in [-0.39, 0.29) is 63.5 Å². The highest BCUT2D eigenvalue weighted by molar-refractivity contribution is 5.99. The number of carbonyl (C=O) groups excluding carboxylic acids is 9. The molecule has 0 fully saturated rings. The van der Waals surface area contributed by atoms with E-state index in [2.05, 4.69) is 57.5 Å². The fraction of sp³-hybridized carbons (Fsp3) is 0.471. The van der Waals surface area contributed by atoms with Gasteiger partial charge in [-0.25, -0.2) is 4.79 Å². The monoisotopic (exact) mass is 1150 g/mol. The number of carboxylic acids is 2. The van der Waals surface area contributed by atoms with Crippen LogP contribution in [0, 0.1) is 5.92 Å². The number of para-hydroxylation sites is 1. The highest BCUT2D eigenvalue weighted by atomic mass is 16.4. The van der Waals surface area contributed by atoms with E-state index < -0.39 is 145 Å². The van der Waals surface area contributed by atoms with Gasteiger partial charge in [-0.15, -0.1) is 0 Å². The van der Waals surface area contributed by atoms with E-state index in [1.54, 1.807) is 60.8 Å². The normalized spacial score (nSPS) is 13.9. The number of carbonyl (C=O) groups is 11. The van der Waals surface area contributed by atoms with Crippen LogP contribution in [-0.4, -0.2) is 172 Å². The summed E-state index contributed by atoms with van der Waals surface area (Å²) in [4.78, 5) is 156. The summed E-state index contributed by atoms with van der Waals surface area (Å²) >= 11 is 0. The van der Waals surface area contributed by atoms with Gasteiger partial charge in [-0.3, -0.25) is 57.9 Å². The van der Waals surface area contributed by atoms with E-state index in [9.17, 15) is 68.1 Å². The zero-order valence-corrected chi connectivity index (χ0v) is 45.4. The smallest absolute Gasteiger partial charge is 0.326 e. The zero-order chi connectivity index (χ0) is 61.1. The number of aliphatic imine (C=N–C) groups is 2. The number of hydrogen-bond acceptors (Lipinski definition) is 15. The van der Waals surface area contributed by atoms with Crippen molar-refractivity contribution in [3.63, 3.8) is 0 Å². The lowest BCUT2D eigenvalue weighted by Gasteiger charge is -2.28. The Bertz CT molecular complexity index is 2770. The van der Waals surface area contributed by atoms with E-state index in [4.69, 9.17) is 34.4 Å². The first kappa shape index (κ1) is 66.9. The molecule has 3 rings (SSSR count). The molecule has 8 atom stereocenters. The molecule has 0 aliphatic heterocycles. The van der Waals surface area contributed by atoms with Gasteiger partial charge in [0.25, 0.3) is 0 Å². The van der Waals surface area contributed by atoms with Crippen LogP contribution < -0.4 is 76.9 Å². The second-order valence-electron chi connectivity index (χ2n) is 19.3. The van der Waals surface area contributed by atoms with Crippen molar-refractivity contribution in [3.8, 4) is 0 Å². The van der Waals surface area contributed by atoms with Crippen LogP contribution in [0.15, 0.2) is 70.8 Å². The van der Waals surface area contributed by atoms with E-state index in [1.165, 1.54) is 13.8 Å². The highest BCUT2D eigenvalue weighted by Gasteiger charge is 2.36. The molecular formula is C51H75N17O14. The predicted molar refractivity (Wildman–Crippen MR) is 297 cm³/mol. The van der Waals surface area contributed by atoms with Crippen LogP contribution in [0.4, 0.5) is 0 Å². The molecule has 0 bridgehead atoms. The van der Waals surface area contributed by atoms with Gasteiger partial charge in [0.15, 0.2) is 11.9 Å². The molecule has 8 unspecified atom stereocenters. The second kappa shape index (κ2) is 33.9. The number of carboxylic acid groups (broad SMARTS) is 2. The summed E-state index contributed by atoms with van der Waals surface area (Å²) in [5, 5.41) is 48.9. The van der Waals surface area contributed by atoms with Crippen LogP contribution in [0.25, 0.3) is 10.9 Å². The molecule has 82 heavy (non-hydrogen) atoms. The van der Waals surface area contributed by atoms with Gasteiger partial charge >= 0.3 is 11.9 Å². The fourth-order valence-corrected chi connectivity index (χ4v) is 8.02. The minimum atomic E-state index is -1.89. The van der Waals surface area contributed by atoms with E-state index in [1.807, 2.05) is 0 Å². The minimum absolute atomic E-state index is 0.0447. The van der Waals surface area contributed by atoms with Crippen LogP contribution in [0.3, 0.4) is 0 Å². The number of aliphatic hydroxyl groups excluding tert-OH is 1. The molecule has 24 N–H and O–H groups in total. The van der Waals surface area contributed by atoms with Gasteiger partial charge in [-0.2, -0.15) is 0 Å². The first-order valence-corrected chi connectivity index (χ1v) is 26.0. The maximum atomic E-state index is 14.5. The molecule has 0 aliphatic rings.